The van der Waals surface area contributed by atoms with Gasteiger partial charge in [-0.05, 0) is 19.8 Å². The van der Waals surface area contributed by atoms with Gasteiger partial charge in [0.25, 0.3) is 5.91 Å². The topological polar surface area (TPSA) is 64.2 Å². The van der Waals surface area contributed by atoms with E-state index in [4.69, 9.17) is 5.73 Å². The third-order valence-electron chi connectivity index (χ3n) is 3.18. The minimum atomic E-state index is -0.0458. The van der Waals surface area contributed by atoms with Gasteiger partial charge in [0, 0.05) is 19.6 Å². The molecule has 17 heavy (non-hydrogen) atoms. The van der Waals surface area contributed by atoms with E-state index in [9.17, 15) is 4.79 Å². The summed E-state index contributed by atoms with van der Waals surface area (Å²) < 4.78 is 1.65. The van der Waals surface area contributed by atoms with Gasteiger partial charge < -0.3 is 10.6 Å². The van der Waals surface area contributed by atoms with Crippen molar-refractivity contribution in [1.82, 2.24) is 14.7 Å². The van der Waals surface area contributed by atoms with Crippen molar-refractivity contribution < 1.29 is 4.79 Å². The first-order chi connectivity index (χ1) is 8.06. The fraction of sp³-hybridized carbons (Fsp3) is 0.667. The number of aromatic nitrogens is 2. The molecule has 0 bridgehead atoms. The first-order valence-electron chi connectivity index (χ1n) is 6.15. The van der Waals surface area contributed by atoms with Gasteiger partial charge >= 0.3 is 0 Å². The van der Waals surface area contributed by atoms with E-state index in [-0.39, 0.29) is 11.9 Å². The molecule has 0 saturated carbocycles. The second-order valence-electron chi connectivity index (χ2n) is 4.15. The molecule has 0 saturated heterocycles. The monoisotopic (exact) mass is 238 g/mol. The summed E-state index contributed by atoms with van der Waals surface area (Å²) in [6.45, 7) is 6.76. The lowest BCUT2D eigenvalue weighted by Crippen LogP contribution is -2.37. The first kappa shape index (κ1) is 13.5. The Balaban J connectivity index is 2.99. The number of carbonyl (C=O) groups is 1. The Morgan fingerprint density at radius 2 is 2.06 bits per heavy atom. The lowest BCUT2D eigenvalue weighted by atomic mass is 10.1. The van der Waals surface area contributed by atoms with E-state index in [1.807, 2.05) is 14.0 Å². The largest absolute Gasteiger partial charge is 0.396 e. The van der Waals surface area contributed by atoms with Crippen LogP contribution in [0.5, 0.6) is 0 Å². The predicted octanol–water partition coefficient (Wildman–Crippen LogP) is 1.75. The fourth-order valence-corrected chi connectivity index (χ4v) is 2.04. The second-order valence-corrected chi connectivity index (χ2v) is 4.15. The van der Waals surface area contributed by atoms with E-state index in [1.165, 1.54) is 6.20 Å². The fourth-order valence-electron chi connectivity index (χ4n) is 2.04. The molecule has 1 heterocycles. The zero-order valence-electron chi connectivity index (χ0n) is 11.1. The number of rotatable bonds is 5. The van der Waals surface area contributed by atoms with Crippen LogP contribution in [0, 0.1) is 0 Å². The summed E-state index contributed by atoms with van der Waals surface area (Å²) in [4.78, 5) is 14.1. The van der Waals surface area contributed by atoms with E-state index in [1.54, 1.807) is 9.58 Å². The Kier molecular flexibility index (Phi) is 4.54. The van der Waals surface area contributed by atoms with Gasteiger partial charge in [-0.3, -0.25) is 9.48 Å². The van der Waals surface area contributed by atoms with Crippen LogP contribution in [-0.4, -0.2) is 33.7 Å². The summed E-state index contributed by atoms with van der Waals surface area (Å²) in [5.74, 6) is -0.0458. The lowest BCUT2D eigenvalue weighted by Gasteiger charge is -2.26. The molecule has 0 aliphatic heterocycles. The molecular weight excluding hydrogens is 216 g/mol. The van der Waals surface area contributed by atoms with Crippen LogP contribution < -0.4 is 5.73 Å². The number of nitrogen functional groups attached to an aromatic ring is 1. The maximum Gasteiger partial charge on any atom is 0.274 e. The predicted molar refractivity (Wildman–Crippen MR) is 68.8 cm³/mol. The Bertz CT molecular complexity index is 382. The summed E-state index contributed by atoms with van der Waals surface area (Å²) in [6.07, 6.45) is 3.43. The van der Waals surface area contributed by atoms with Crippen LogP contribution in [0.4, 0.5) is 5.69 Å². The minimum absolute atomic E-state index is 0.0458. The molecule has 0 atom stereocenters. The summed E-state index contributed by atoms with van der Waals surface area (Å²) in [7, 11) is 1.83. The Morgan fingerprint density at radius 3 is 2.53 bits per heavy atom. The highest BCUT2D eigenvalue weighted by Gasteiger charge is 2.23. The molecule has 2 N–H and O–H groups in total. The SMILES string of the molecule is CCC(CC)N(C)C(=O)c1c(N)cnn1CC. The Hall–Kier alpha value is -1.52. The standard InChI is InChI=1S/C12H22N4O/c1-5-9(6-2)15(4)12(17)11-10(13)8-14-16(11)7-3/h8-9H,5-7,13H2,1-4H3. The van der Waals surface area contributed by atoms with Gasteiger partial charge in [-0.25, -0.2) is 0 Å². The van der Waals surface area contributed by atoms with Crippen molar-refractivity contribution in [3.05, 3.63) is 11.9 Å². The average Bonchev–Trinajstić information content (AvgIpc) is 2.70. The molecule has 0 aliphatic carbocycles. The highest BCUT2D eigenvalue weighted by Crippen LogP contribution is 2.16. The number of carbonyl (C=O) groups excluding carboxylic acids is 1. The van der Waals surface area contributed by atoms with Crippen LogP contribution in [0.25, 0.3) is 0 Å². The zero-order valence-corrected chi connectivity index (χ0v) is 11.1. The highest BCUT2D eigenvalue weighted by molar-refractivity contribution is 5.97. The number of hydrogen-bond acceptors (Lipinski definition) is 3. The first-order valence-corrected chi connectivity index (χ1v) is 6.15. The van der Waals surface area contributed by atoms with Crippen molar-refractivity contribution in [3.8, 4) is 0 Å². The lowest BCUT2D eigenvalue weighted by molar-refractivity contribution is 0.0712. The van der Waals surface area contributed by atoms with E-state index < -0.39 is 0 Å². The van der Waals surface area contributed by atoms with Crippen molar-refractivity contribution in [1.29, 1.82) is 0 Å². The number of amides is 1. The molecule has 0 aliphatic rings. The van der Waals surface area contributed by atoms with Crippen molar-refractivity contribution in [3.63, 3.8) is 0 Å². The van der Waals surface area contributed by atoms with E-state index in [2.05, 4.69) is 18.9 Å². The van der Waals surface area contributed by atoms with Gasteiger partial charge in [0.15, 0.2) is 0 Å². The number of nitrogens with zero attached hydrogens (tertiary/aromatic N) is 3. The highest BCUT2D eigenvalue weighted by atomic mass is 16.2. The normalized spacial score (nSPS) is 10.9. The van der Waals surface area contributed by atoms with Crippen LogP contribution in [0.15, 0.2) is 6.20 Å². The van der Waals surface area contributed by atoms with Gasteiger partial charge in [-0.1, -0.05) is 13.8 Å². The molecule has 0 aromatic carbocycles. The molecular formula is C12H22N4O. The molecule has 1 aromatic heterocycles. The van der Waals surface area contributed by atoms with Crippen molar-refractivity contribution >= 4 is 11.6 Å². The molecule has 1 aromatic rings. The third kappa shape index (κ3) is 2.60. The van der Waals surface area contributed by atoms with Gasteiger partial charge in [0.1, 0.15) is 5.69 Å². The number of nitrogens with two attached hydrogens (primary N) is 1. The molecule has 0 fully saturated rings. The van der Waals surface area contributed by atoms with E-state index >= 15 is 0 Å². The maximum absolute atomic E-state index is 12.4. The minimum Gasteiger partial charge on any atom is -0.396 e. The van der Waals surface area contributed by atoms with E-state index in [0.29, 0.717) is 17.9 Å². The molecule has 0 unspecified atom stereocenters. The third-order valence-corrected chi connectivity index (χ3v) is 3.18. The maximum atomic E-state index is 12.4. The molecule has 1 rings (SSSR count). The van der Waals surface area contributed by atoms with Crippen LogP contribution in [0.3, 0.4) is 0 Å². The summed E-state index contributed by atoms with van der Waals surface area (Å²) in [5, 5.41) is 4.09. The summed E-state index contributed by atoms with van der Waals surface area (Å²) in [5.41, 5.74) is 6.76. The summed E-state index contributed by atoms with van der Waals surface area (Å²) in [6, 6.07) is 0.252. The smallest absolute Gasteiger partial charge is 0.274 e. The van der Waals surface area contributed by atoms with E-state index in [0.717, 1.165) is 12.8 Å². The van der Waals surface area contributed by atoms with Gasteiger partial charge in [0.2, 0.25) is 0 Å². The number of hydrogen-bond donors (Lipinski definition) is 1. The van der Waals surface area contributed by atoms with Crippen LogP contribution in [-0.2, 0) is 6.54 Å². The van der Waals surface area contributed by atoms with Crippen molar-refractivity contribution in [2.45, 2.75) is 46.2 Å². The Labute approximate surface area is 103 Å². The van der Waals surface area contributed by atoms with Crippen molar-refractivity contribution in [2.24, 2.45) is 0 Å². The van der Waals surface area contributed by atoms with Crippen LogP contribution in [0.1, 0.15) is 44.1 Å². The molecule has 5 nitrogen and oxygen atoms in total. The van der Waals surface area contributed by atoms with Gasteiger partial charge in [-0.15, -0.1) is 0 Å². The number of aryl methyl sites for hydroxylation is 1. The van der Waals surface area contributed by atoms with Crippen molar-refractivity contribution in [2.75, 3.05) is 12.8 Å². The van der Waals surface area contributed by atoms with Crippen LogP contribution >= 0.6 is 0 Å². The quantitative estimate of drug-likeness (QED) is 0.850. The zero-order chi connectivity index (χ0) is 13.0. The van der Waals surface area contributed by atoms with Crippen LogP contribution in [0.2, 0.25) is 0 Å². The second kappa shape index (κ2) is 5.70. The average molecular weight is 238 g/mol. The van der Waals surface area contributed by atoms with Gasteiger partial charge in [-0.2, -0.15) is 5.10 Å². The molecule has 96 valence electrons. The molecule has 5 heteroatoms. The number of anilines is 1. The summed E-state index contributed by atoms with van der Waals surface area (Å²) >= 11 is 0. The Morgan fingerprint density at radius 1 is 1.47 bits per heavy atom. The molecule has 0 spiro atoms. The van der Waals surface area contributed by atoms with Gasteiger partial charge in [0.05, 0.1) is 11.9 Å². The molecule has 0 radical (unpaired) electrons. The molecule has 1 amide bonds.